The number of rotatable bonds is 1. The van der Waals surface area contributed by atoms with Crippen LogP contribution in [0.2, 0.25) is 0 Å². The summed E-state index contributed by atoms with van der Waals surface area (Å²) in [6.07, 6.45) is 0.879. The fourth-order valence-corrected chi connectivity index (χ4v) is 0.894. The van der Waals surface area contributed by atoms with E-state index in [9.17, 15) is 0 Å². The van der Waals surface area contributed by atoms with Crippen molar-refractivity contribution in [1.82, 2.24) is 9.97 Å². The molecule has 0 aromatic carbocycles. The van der Waals surface area contributed by atoms with Crippen molar-refractivity contribution in [1.29, 1.82) is 5.26 Å². The molecule has 3 heteroatoms. The average molecular weight is 135 g/mol. The lowest BCUT2D eigenvalue weighted by Gasteiger charge is -1.86. The second kappa shape index (κ2) is 2.53. The van der Waals surface area contributed by atoms with Crippen LogP contribution in [-0.2, 0) is 6.42 Å². The first-order valence-electron chi connectivity index (χ1n) is 3.23. The third kappa shape index (κ3) is 1.01. The van der Waals surface area contributed by atoms with Crippen molar-refractivity contribution in [3.63, 3.8) is 0 Å². The SMILES string of the molecule is CCc1nc(C#N)[nH]c1C. The topological polar surface area (TPSA) is 52.5 Å². The first-order valence-corrected chi connectivity index (χ1v) is 3.23. The first kappa shape index (κ1) is 6.81. The van der Waals surface area contributed by atoms with Crippen LogP contribution in [0.3, 0.4) is 0 Å². The summed E-state index contributed by atoms with van der Waals surface area (Å²) in [5, 5.41) is 8.43. The number of nitriles is 1. The van der Waals surface area contributed by atoms with Gasteiger partial charge in [0, 0.05) is 5.69 Å². The summed E-state index contributed by atoms with van der Waals surface area (Å²) in [6, 6.07) is 1.96. The number of imidazole rings is 1. The molecule has 10 heavy (non-hydrogen) atoms. The monoisotopic (exact) mass is 135 g/mol. The molecular formula is C7H9N3. The molecule has 0 atom stereocenters. The van der Waals surface area contributed by atoms with E-state index in [-0.39, 0.29) is 0 Å². The van der Waals surface area contributed by atoms with E-state index in [1.54, 1.807) is 0 Å². The molecule has 52 valence electrons. The number of aromatic amines is 1. The predicted molar refractivity (Wildman–Crippen MR) is 37.4 cm³/mol. The van der Waals surface area contributed by atoms with Crippen molar-refractivity contribution < 1.29 is 0 Å². The number of nitrogens with zero attached hydrogens (tertiary/aromatic N) is 2. The summed E-state index contributed by atoms with van der Waals surface area (Å²) in [7, 11) is 0. The summed E-state index contributed by atoms with van der Waals surface area (Å²) in [4.78, 5) is 6.90. The predicted octanol–water partition coefficient (Wildman–Crippen LogP) is 1.15. The normalized spacial score (nSPS) is 9.30. The summed E-state index contributed by atoms with van der Waals surface area (Å²) < 4.78 is 0. The van der Waals surface area contributed by atoms with Gasteiger partial charge in [-0.1, -0.05) is 6.92 Å². The van der Waals surface area contributed by atoms with Crippen molar-refractivity contribution >= 4 is 0 Å². The highest BCUT2D eigenvalue weighted by atomic mass is 14.9. The summed E-state index contributed by atoms with van der Waals surface area (Å²) in [5.41, 5.74) is 1.98. The van der Waals surface area contributed by atoms with E-state index in [0.717, 1.165) is 17.8 Å². The highest BCUT2D eigenvalue weighted by Gasteiger charge is 2.01. The van der Waals surface area contributed by atoms with Gasteiger partial charge in [-0.3, -0.25) is 0 Å². The molecule has 1 aromatic rings. The Hall–Kier alpha value is -1.30. The molecule has 0 aliphatic heterocycles. The molecule has 1 heterocycles. The molecule has 1 aromatic heterocycles. The van der Waals surface area contributed by atoms with Gasteiger partial charge in [-0.15, -0.1) is 0 Å². The van der Waals surface area contributed by atoms with Crippen LogP contribution in [0.25, 0.3) is 0 Å². The summed E-state index contributed by atoms with van der Waals surface area (Å²) >= 11 is 0. The Balaban J connectivity index is 3.07. The van der Waals surface area contributed by atoms with Gasteiger partial charge >= 0.3 is 0 Å². The standard InChI is InChI=1S/C7H9N3/c1-3-6-5(2)9-7(4-8)10-6/h3H2,1-2H3,(H,9,10). The van der Waals surface area contributed by atoms with E-state index < -0.39 is 0 Å². The van der Waals surface area contributed by atoms with Crippen molar-refractivity contribution in [2.24, 2.45) is 0 Å². The van der Waals surface area contributed by atoms with Crippen LogP contribution in [-0.4, -0.2) is 9.97 Å². The van der Waals surface area contributed by atoms with E-state index in [2.05, 4.69) is 9.97 Å². The number of H-pyrrole nitrogens is 1. The molecule has 0 amide bonds. The molecule has 0 saturated heterocycles. The Bertz CT molecular complexity index is 267. The van der Waals surface area contributed by atoms with Gasteiger partial charge in [0.2, 0.25) is 5.82 Å². The summed E-state index contributed by atoms with van der Waals surface area (Å²) in [5.74, 6) is 0.411. The van der Waals surface area contributed by atoms with Crippen LogP contribution in [0.4, 0.5) is 0 Å². The molecule has 0 bridgehead atoms. The van der Waals surface area contributed by atoms with Crippen LogP contribution in [0.5, 0.6) is 0 Å². The average Bonchev–Trinajstić information content (AvgIpc) is 2.30. The summed E-state index contributed by atoms with van der Waals surface area (Å²) in [6.45, 7) is 3.94. The van der Waals surface area contributed by atoms with Gasteiger partial charge in [-0.05, 0) is 13.3 Å². The lowest BCUT2D eigenvalue weighted by Crippen LogP contribution is -1.81. The largest absolute Gasteiger partial charge is 0.333 e. The van der Waals surface area contributed by atoms with Gasteiger partial charge in [-0.2, -0.15) is 5.26 Å². The highest BCUT2D eigenvalue weighted by molar-refractivity contribution is 5.20. The van der Waals surface area contributed by atoms with Gasteiger partial charge in [0.15, 0.2) is 0 Å². The van der Waals surface area contributed by atoms with E-state index in [0.29, 0.717) is 5.82 Å². The molecule has 1 N–H and O–H groups in total. The molecule has 0 saturated carbocycles. The molecule has 0 radical (unpaired) electrons. The van der Waals surface area contributed by atoms with Gasteiger partial charge in [-0.25, -0.2) is 4.98 Å². The van der Waals surface area contributed by atoms with Gasteiger partial charge in [0.05, 0.1) is 5.69 Å². The number of hydrogen-bond donors (Lipinski definition) is 1. The maximum absolute atomic E-state index is 8.43. The molecule has 0 spiro atoms. The Morgan fingerprint density at radius 2 is 2.40 bits per heavy atom. The molecular weight excluding hydrogens is 126 g/mol. The van der Waals surface area contributed by atoms with Crippen LogP contribution in [0, 0.1) is 18.3 Å². The minimum Gasteiger partial charge on any atom is -0.333 e. The zero-order valence-corrected chi connectivity index (χ0v) is 6.10. The van der Waals surface area contributed by atoms with Crippen LogP contribution in [0.15, 0.2) is 0 Å². The Morgan fingerprint density at radius 1 is 1.70 bits per heavy atom. The van der Waals surface area contributed by atoms with Crippen molar-refractivity contribution in [2.45, 2.75) is 20.3 Å². The number of hydrogen-bond acceptors (Lipinski definition) is 2. The molecule has 3 nitrogen and oxygen atoms in total. The molecule has 0 aliphatic rings. The fraction of sp³-hybridized carbons (Fsp3) is 0.429. The Labute approximate surface area is 59.7 Å². The smallest absolute Gasteiger partial charge is 0.210 e. The number of nitrogens with one attached hydrogen (secondary N) is 1. The van der Waals surface area contributed by atoms with Gasteiger partial charge in [0.1, 0.15) is 6.07 Å². The van der Waals surface area contributed by atoms with Crippen LogP contribution < -0.4 is 0 Å². The third-order valence-corrected chi connectivity index (χ3v) is 1.43. The lowest BCUT2D eigenvalue weighted by molar-refractivity contribution is 1.04. The van der Waals surface area contributed by atoms with E-state index >= 15 is 0 Å². The minimum absolute atomic E-state index is 0.411. The van der Waals surface area contributed by atoms with Crippen LogP contribution in [0.1, 0.15) is 24.1 Å². The minimum atomic E-state index is 0.411. The van der Waals surface area contributed by atoms with Gasteiger partial charge in [0.25, 0.3) is 0 Å². The van der Waals surface area contributed by atoms with E-state index in [1.165, 1.54) is 0 Å². The second-order valence-electron chi connectivity index (χ2n) is 2.12. The van der Waals surface area contributed by atoms with Gasteiger partial charge < -0.3 is 4.98 Å². The van der Waals surface area contributed by atoms with E-state index in [1.807, 2.05) is 19.9 Å². The third-order valence-electron chi connectivity index (χ3n) is 1.43. The van der Waals surface area contributed by atoms with Crippen molar-refractivity contribution in [2.75, 3.05) is 0 Å². The van der Waals surface area contributed by atoms with Crippen LogP contribution >= 0.6 is 0 Å². The first-order chi connectivity index (χ1) is 4.77. The molecule has 0 aliphatic carbocycles. The maximum atomic E-state index is 8.43. The van der Waals surface area contributed by atoms with Crippen molar-refractivity contribution in [3.05, 3.63) is 17.2 Å². The quantitative estimate of drug-likeness (QED) is 0.628. The number of aryl methyl sites for hydroxylation is 2. The Morgan fingerprint density at radius 3 is 2.70 bits per heavy atom. The van der Waals surface area contributed by atoms with E-state index in [4.69, 9.17) is 5.26 Å². The molecule has 0 unspecified atom stereocenters. The fourth-order valence-electron chi connectivity index (χ4n) is 0.894. The Kier molecular flexibility index (Phi) is 1.72. The highest BCUT2D eigenvalue weighted by Crippen LogP contribution is 2.03. The zero-order chi connectivity index (χ0) is 7.56. The second-order valence-corrected chi connectivity index (χ2v) is 2.12. The molecule has 1 rings (SSSR count). The molecule has 0 fully saturated rings. The number of aromatic nitrogens is 2. The lowest BCUT2D eigenvalue weighted by atomic mass is 10.3. The zero-order valence-electron chi connectivity index (χ0n) is 6.10. The maximum Gasteiger partial charge on any atom is 0.210 e. The van der Waals surface area contributed by atoms with Crippen molar-refractivity contribution in [3.8, 4) is 6.07 Å².